The van der Waals surface area contributed by atoms with Crippen molar-refractivity contribution in [1.82, 2.24) is 9.55 Å². The number of nitrogens with zero attached hydrogens (tertiary/aromatic N) is 1. The molecule has 166 valence electrons. The van der Waals surface area contributed by atoms with Crippen molar-refractivity contribution in [2.24, 2.45) is 0 Å². The summed E-state index contributed by atoms with van der Waals surface area (Å²) in [7, 11) is -16.7. The van der Waals surface area contributed by atoms with Crippen LogP contribution in [-0.4, -0.2) is 53.0 Å². The molecular formula is C9H14FN2O14P3. The summed E-state index contributed by atoms with van der Waals surface area (Å²) in [6.45, 7) is -0.970. The van der Waals surface area contributed by atoms with Crippen molar-refractivity contribution < 1.29 is 60.6 Å². The van der Waals surface area contributed by atoms with Gasteiger partial charge >= 0.3 is 29.2 Å². The third-order valence-corrected chi connectivity index (χ3v) is 7.06. The van der Waals surface area contributed by atoms with Crippen molar-refractivity contribution in [2.75, 3.05) is 6.61 Å². The van der Waals surface area contributed by atoms with Crippen molar-refractivity contribution in [2.45, 2.75) is 24.9 Å². The zero-order valence-electron chi connectivity index (χ0n) is 13.8. The van der Waals surface area contributed by atoms with E-state index in [1.165, 1.54) is 0 Å². The molecule has 0 spiro atoms. The second kappa shape index (κ2) is 8.59. The molecule has 1 aromatic heterocycles. The van der Waals surface area contributed by atoms with Gasteiger partial charge in [0.2, 0.25) is 5.82 Å². The second-order valence-electron chi connectivity index (χ2n) is 5.46. The van der Waals surface area contributed by atoms with Crippen LogP contribution in [0.25, 0.3) is 0 Å². The Kier molecular flexibility index (Phi) is 7.17. The van der Waals surface area contributed by atoms with E-state index in [1.54, 1.807) is 4.98 Å². The Labute approximate surface area is 158 Å². The molecule has 1 aliphatic heterocycles. The summed E-state index contributed by atoms with van der Waals surface area (Å²) in [6, 6.07) is 0. The van der Waals surface area contributed by atoms with Gasteiger partial charge in [-0.05, 0) is 0 Å². The molecule has 1 aromatic rings. The summed E-state index contributed by atoms with van der Waals surface area (Å²) < 4.78 is 63.8. The number of ether oxygens (including phenoxy) is 1. The van der Waals surface area contributed by atoms with E-state index < -0.39 is 65.6 Å². The van der Waals surface area contributed by atoms with Gasteiger partial charge in [0, 0.05) is 6.42 Å². The number of aromatic amines is 1. The zero-order valence-corrected chi connectivity index (χ0v) is 16.5. The van der Waals surface area contributed by atoms with Crippen molar-refractivity contribution in [3.63, 3.8) is 0 Å². The van der Waals surface area contributed by atoms with Gasteiger partial charge in [-0.2, -0.15) is 13.0 Å². The number of hydrogen-bond acceptors (Lipinski definition) is 10. The van der Waals surface area contributed by atoms with Gasteiger partial charge in [-0.1, -0.05) is 0 Å². The van der Waals surface area contributed by atoms with Crippen LogP contribution < -0.4 is 11.2 Å². The van der Waals surface area contributed by atoms with Gasteiger partial charge in [0.15, 0.2) is 0 Å². The molecule has 0 bridgehead atoms. The average Bonchev–Trinajstić information content (AvgIpc) is 2.86. The van der Waals surface area contributed by atoms with Crippen molar-refractivity contribution >= 4 is 23.5 Å². The number of phosphoric acid groups is 3. The molecule has 2 heterocycles. The predicted octanol–water partition coefficient (Wildman–Crippen LogP) is -1.33. The number of hydrogen-bond donors (Lipinski definition) is 6. The number of aliphatic hydroxyl groups is 1. The Morgan fingerprint density at radius 3 is 2.38 bits per heavy atom. The molecule has 29 heavy (non-hydrogen) atoms. The van der Waals surface area contributed by atoms with Crippen LogP contribution in [0.15, 0.2) is 15.8 Å². The first-order valence-corrected chi connectivity index (χ1v) is 11.7. The van der Waals surface area contributed by atoms with Crippen LogP contribution >= 0.6 is 23.5 Å². The minimum absolute atomic E-state index is 0.337. The maximum absolute atomic E-state index is 13.3. The molecule has 1 fully saturated rings. The number of aliphatic hydroxyl groups excluding tert-OH is 1. The Hall–Kier alpha value is -1.06. The summed E-state index contributed by atoms with van der Waals surface area (Å²) in [4.78, 5) is 59.6. The van der Waals surface area contributed by atoms with Crippen LogP contribution in [0.1, 0.15) is 12.6 Å². The average molecular weight is 486 g/mol. The van der Waals surface area contributed by atoms with E-state index in [0.29, 0.717) is 10.8 Å². The standard InChI is InChI=1S/C9H14FN2O14P3/c10-4-2-12(9(15)11-8(4)14)7-1-5(13)6(24-7)3-23-28(19,20)26-29(21,22)25-27(16,17)18/h2,5-7,13H,1,3H2,(H,19,20)(H,21,22)(H,11,14,15)(H2,16,17,18)/t5?,6-,7-/m0/s1. The van der Waals surface area contributed by atoms with Gasteiger partial charge in [-0.3, -0.25) is 18.9 Å². The fraction of sp³-hybridized carbons (Fsp3) is 0.556. The van der Waals surface area contributed by atoms with Gasteiger partial charge in [-0.25, -0.2) is 18.5 Å². The summed E-state index contributed by atoms with van der Waals surface area (Å²) in [5, 5.41) is 9.89. The summed E-state index contributed by atoms with van der Waals surface area (Å²) in [5.74, 6) is -1.32. The van der Waals surface area contributed by atoms with E-state index >= 15 is 0 Å². The third-order valence-electron chi connectivity index (χ3n) is 3.26. The predicted molar refractivity (Wildman–Crippen MR) is 85.6 cm³/mol. The lowest BCUT2D eigenvalue weighted by Gasteiger charge is -2.19. The molecule has 0 amide bonds. The highest BCUT2D eigenvalue weighted by molar-refractivity contribution is 7.66. The van der Waals surface area contributed by atoms with Crippen LogP contribution in [-0.2, 0) is 31.6 Å². The van der Waals surface area contributed by atoms with Gasteiger partial charge in [-0.15, -0.1) is 0 Å². The molecule has 0 radical (unpaired) electrons. The van der Waals surface area contributed by atoms with E-state index in [4.69, 9.17) is 19.4 Å². The Balaban J connectivity index is 2.03. The van der Waals surface area contributed by atoms with Crippen LogP contribution in [0.3, 0.4) is 0 Å². The lowest BCUT2D eigenvalue weighted by molar-refractivity contribution is -0.0452. The van der Waals surface area contributed by atoms with E-state index in [2.05, 4.69) is 13.1 Å². The van der Waals surface area contributed by atoms with Gasteiger partial charge < -0.3 is 29.4 Å². The number of halogens is 1. The van der Waals surface area contributed by atoms with Crippen LogP contribution in [0.4, 0.5) is 4.39 Å². The second-order valence-corrected chi connectivity index (χ2v) is 9.88. The molecule has 5 atom stereocenters. The summed E-state index contributed by atoms with van der Waals surface area (Å²) >= 11 is 0. The largest absolute Gasteiger partial charge is 0.490 e. The summed E-state index contributed by atoms with van der Waals surface area (Å²) in [6.07, 6.45) is -3.99. The number of aromatic nitrogens is 2. The Morgan fingerprint density at radius 2 is 1.79 bits per heavy atom. The molecule has 1 saturated heterocycles. The van der Waals surface area contributed by atoms with Gasteiger partial charge in [0.1, 0.15) is 12.3 Å². The molecular weight excluding hydrogens is 472 g/mol. The molecule has 20 heteroatoms. The van der Waals surface area contributed by atoms with Crippen molar-refractivity contribution in [1.29, 1.82) is 0 Å². The van der Waals surface area contributed by atoms with E-state index in [1.807, 2.05) is 0 Å². The van der Waals surface area contributed by atoms with Crippen molar-refractivity contribution in [3.8, 4) is 0 Å². The molecule has 1 aliphatic rings. The fourth-order valence-electron chi connectivity index (χ4n) is 2.18. The van der Waals surface area contributed by atoms with E-state index in [-0.39, 0.29) is 6.42 Å². The monoisotopic (exact) mass is 486 g/mol. The van der Waals surface area contributed by atoms with E-state index in [0.717, 1.165) is 0 Å². The van der Waals surface area contributed by atoms with Crippen LogP contribution in [0.2, 0.25) is 0 Å². The van der Waals surface area contributed by atoms with Crippen LogP contribution in [0, 0.1) is 5.82 Å². The number of H-pyrrole nitrogens is 1. The molecule has 0 saturated carbocycles. The first kappa shape index (κ1) is 24.2. The molecule has 16 nitrogen and oxygen atoms in total. The van der Waals surface area contributed by atoms with Crippen LogP contribution in [0.5, 0.6) is 0 Å². The number of phosphoric ester groups is 1. The SMILES string of the molecule is O=c1[nH]c(=O)n([C@@H]2CC(O)[C@H](COP(=O)(O)OP(=O)(O)OP(=O)(O)O)O2)cc1F. The quantitative estimate of drug-likeness (QED) is 0.233. The Morgan fingerprint density at radius 1 is 1.17 bits per heavy atom. The molecule has 6 N–H and O–H groups in total. The normalized spacial score (nSPS) is 26.8. The minimum atomic E-state index is -5.71. The molecule has 3 unspecified atom stereocenters. The Bertz CT molecular complexity index is 1020. The highest BCUT2D eigenvalue weighted by Crippen LogP contribution is 2.66. The van der Waals surface area contributed by atoms with Gasteiger partial charge in [0.25, 0.3) is 5.56 Å². The first-order chi connectivity index (χ1) is 13.1. The maximum Gasteiger partial charge on any atom is 0.490 e. The zero-order chi connectivity index (χ0) is 22.2. The number of nitrogens with one attached hydrogen (secondary N) is 1. The lowest BCUT2D eigenvalue weighted by atomic mass is 10.2. The molecule has 0 aliphatic carbocycles. The minimum Gasteiger partial charge on any atom is -0.390 e. The smallest absolute Gasteiger partial charge is 0.390 e. The highest BCUT2D eigenvalue weighted by Gasteiger charge is 2.43. The van der Waals surface area contributed by atoms with Crippen molar-refractivity contribution in [3.05, 3.63) is 32.9 Å². The highest BCUT2D eigenvalue weighted by atomic mass is 31.3. The number of rotatable bonds is 8. The maximum atomic E-state index is 13.3. The topological polar surface area (TPSA) is 244 Å². The fourth-order valence-corrected chi connectivity index (χ4v) is 5.21. The van der Waals surface area contributed by atoms with E-state index in [9.17, 15) is 37.7 Å². The summed E-state index contributed by atoms with van der Waals surface area (Å²) in [5.41, 5.74) is -2.35. The third kappa shape index (κ3) is 7.00. The lowest BCUT2D eigenvalue weighted by Crippen LogP contribution is -2.34. The molecule has 0 aromatic carbocycles. The molecule has 2 rings (SSSR count). The van der Waals surface area contributed by atoms with Gasteiger partial charge in [0.05, 0.1) is 18.9 Å². The first-order valence-electron chi connectivity index (χ1n) is 7.21.